The van der Waals surface area contributed by atoms with Gasteiger partial charge in [-0.25, -0.2) is 0 Å². The number of aliphatic imine (C=N–C) groups is 1. The molecule has 9 nitrogen and oxygen atoms in total. The number of nitrogens with one attached hydrogen (secondary N) is 1. The van der Waals surface area contributed by atoms with Crippen molar-refractivity contribution < 1.29 is 9.53 Å². The van der Waals surface area contributed by atoms with Crippen molar-refractivity contribution >= 4 is 35.8 Å². The lowest BCUT2D eigenvalue weighted by molar-refractivity contribution is -0.130. The molecule has 2 heterocycles. The number of rotatable bonds is 8. The number of hydrogen-bond donors (Lipinski definition) is 1. The number of ether oxygens (including phenoxy) is 1. The molecule has 10 heteroatoms. The molecular weight excluding hydrogens is 461 g/mol. The Hall–Kier alpha value is -1.43. The zero-order chi connectivity index (χ0) is 18.8. The summed E-state index contributed by atoms with van der Waals surface area (Å²) < 4.78 is 7.16. The van der Waals surface area contributed by atoms with E-state index in [2.05, 4.69) is 31.9 Å². The predicted octanol–water partition coefficient (Wildman–Crippen LogP) is 0.605. The van der Waals surface area contributed by atoms with Gasteiger partial charge >= 0.3 is 0 Å². The number of aryl methyl sites for hydroxylation is 1. The van der Waals surface area contributed by atoms with Gasteiger partial charge in [-0.15, -0.1) is 34.2 Å². The number of nitrogens with zero attached hydrogens (tertiary/aromatic N) is 6. The third-order valence-corrected chi connectivity index (χ3v) is 4.44. The Morgan fingerprint density at radius 2 is 2.00 bits per heavy atom. The number of aromatic nitrogens is 3. The molecule has 27 heavy (non-hydrogen) atoms. The molecule has 0 aliphatic carbocycles. The zero-order valence-electron chi connectivity index (χ0n) is 16.6. The quantitative estimate of drug-likeness (QED) is 0.247. The van der Waals surface area contributed by atoms with E-state index in [1.807, 2.05) is 4.90 Å². The first-order valence-corrected chi connectivity index (χ1v) is 9.30. The fraction of sp³-hybridized carbons (Fsp3) is 0.765. The Bertz CT molecular complexity index is 586. The van der Waals surface area contributed by atoms with Gasteiger partial charge in [0.2, 0.25) is 5.91 Å². The molecule has 0 radical (unpaired) electrons. The molecule has 1 aliphatic rings. The number of hydrogen-bond acceptors (Lipinski definition) is 5. The molecule has 0 saturated carbocycles. The first-order valence-electron chi connectivity index (χ1n) is 9.30. The summed E-state index contributed by atoms with van der Waals surface area (Å²) in [5.41, 5.74) is 0. The molecule has 1 saturated heterocycles. The molecule has 1 aromatic heterocycles. The van der Waals surface area contributed by atoms with Crippen molar-refractivity contribution in [2.45, 2.75) is 33.2 Å². The highest BCUT2D eigenvalue weighted by Gasteiger charge is 2.21. The Morgan fingerprint density at radius 3 is 2.63 bits per heavy atom. The third kappa shape index (κ3) is 7.60. The van der Waals surface area contributed by atoms with Gasteiger partial charge in [-0.2, -0.15) is 0 Å². The van der Waals surface area contributed by atoms with Gasteiger partial charge in [-0.3, -0.25) is 9.79 Å². The lowest BCUT2D eigenvalue weighted by Crippen LogP contribution is -2.53. The summed E-state index contributed by atoms with van der Waals surface area (Å²) in [6.45, 7) is 9.72. The summed E-state index contributed by atoms with van der Waals surface area (Å²) in [6.07, 6.45) is 3.52. The second-order valence-corrected chi connectivity index (χ2v) is 6.27. The van der Waals surface area contributed by atoms with Crippen molar-refractivity contribution in [1.29, 1.82) is 0 Å². The van der Waals surface area contributed by atoms with Crippen LogP contribution in [0.5, 0.6) is 0 Å². The van der Waals surface area contributed by atoms with Crippen LogP contribution in [0.25, 0.3) is 0 Å². The van der Waals surface area contributed by atoms with Crippen LogP contribution in [0, 0.1) is 0 Å². The van der Waals surface area contributed by atoms with Gasteiger partial charge in [-0.05, 0) is 6.42 Å². The van der Waals surface area contributed by atoms with Gasteiger partial charge in [0.25, 0.3) is 0 Å². The van der Waals surface area contributed by atoms with Gasteiger partial charge in [0.1, 0.15) is 12.2 Å². The van der Waals surface area contributed by atoms with Crippen molar-refractivity contribution in [2.24, 2.45) is 4.99 Å². The van der Waals surface area contributed by atoms with Gasteiger partial charge in [0.15, 0.2) is 5.96 Å². The molecule has 1 N–H and O–H groups in total. The van der Waals surface area contributed by atoms with E-state index in [1.54, 1.807) is 20.4 Å². The molecule has 1 aliphatic heterocycles. The summed E-state index contributed by atoms with van der Waals surface area (Å²) >= 11 is 0. The monoisotopic (exact) mass is 493 g/mol. The second-order valence-electron chi connectivity index (χ2n) is 6.27. The van der Waals surface area contributed by atoms with Gasteiger partial charge in [0.05, 0.1) is 0 Å². The van der Waals surface area contributed by atoms with Crippen molar-refractivity contribution in [1.82, 2.24) is 29.9 Å². The zero-order valence-corrected chi connectivity index (χ0v) is 18.9. The average molecular weight is 493 g/mol. The van der Waals surface area contributed by atoms with Crippen LogP contribution in [-0.4, -0.2) is 89.4 Å². The summed E-state index contributed by atoms with van der Waals surface area (Å²) in [7, 11) is 1.70. The molecule has 154 valence electrons. The molecule has 0 atom stereocenters. The van der Waals surface area contributed by atoms with Crippen LogP contribution < -0.4 is 5.32 Å². The minimum Gasteiger partial charge on any atom is -0.385 e. The second kappa shape index (κ2) is 12.9. The molecule has 1 amide bonds. The number of methoxy groups -OCH3 is 1. The van der Waals surface area contributed by atoms with Crippen molar-refractivity contribution in [3.8, 4) is 0 Å². The summed E-state index contributed by atoms with van der Waals surface area (Å²) in [6, 6.07) is 0. The number of carbonyl (C=O) groups is 1. The van der Waals surface area contributed by atoms with Crippen LogP contribution in [0.2, 0.25) is 0 Å². The van der Waals surface area contributed by atoms with Crippen LogP contribution in [0.3, 0.4) is 0 Å². The number of amides is 1. The minimum atomic E-state index is 0. The smallest absolute Gasteiger partial charge is 0.219 e. The van der Waals surface area contributed by atoms with Crippen LogP contribution in [0.4, 0.5) is 0 Å². The van der Waals surface area contributed by atoms with Crippen molar-refractivity contribution in [3.05, 3.63) is 12.2 Å². The highest BCUT2D eigenvalue weighted by molar-refractivity contribution is 14.0. The molecule has 0 spiro atoms. The Labute approximate surface area is 178 Å². The Morgan fingerprint density at radius 1 is 1.30 bits per heavy atom. The molecule has 0 bridgehead atoms. The maximum Gasteiger partial charge on any atom is 0.219 e. The highest BCUT2D eigenvalue weighted by Crippen LogP contribution is 2.03. The van der Waals surface area contributed by atoms with E-state index in [4.69, 9.17) is 9.73 Å². The molecule has 2 rings (SSSR count). The number of guanidine groups is 1. The molecule has 0 unspecified atom stereocenters. The lowest BCUT2D eigenvalue weighted by atomic mass is 10.3. The summed E-state index contributed by atoms with van der Waals surface area (Å²) in [4.78, 5) is 20.3. The third-order valence-electron chi connectivity index (χ3n) is 4.44. The fourth-order valence-corrected chi connectivity index (χ4v) is 2.92. The van der Waals surface area contributed by atoms with E-state index >= 15 is 0 Å². The van der Waals surface area contributed by atoms with E-state index in [9.17, 15) is 4.79 Å². The molecule has 1 fully saturated rings. The van der Waals surface area contributed by atoms with Crippen LogP contribution in [0.1, 0.15) is 26.1 Å². The van der Waals surface area contributed by atoms with Gasteiger partial charge in [0, 0.05) is 72.9 Å². The average Bonchev–Trinajstić information content (AvgIpc) is 3.11. The van der Waals surface area contributed by atoms with Crippen molar-refractivity contribution in [3.63, 3.8) is 0 Å². The van der Waals surface area contributed by atoms with Crippen LogP contribution in [0.15, 0.2) is 11.3 Å². The van der Waals surface area contributed by atoms with Crippen LogP contribution in [-0.2, 0) is 22.5 Å². The van der Waals surface area contributed by atoms with E-state index in [-0.39, 0.29) is 29.9 Å². The summed E-state index contributed by atoms with van der Waals surface area (Å²) in [5.74, 6) is 2.02. The minimum absolute atomic E-state index is 0. The topological polar surface area (TPSA) is 87.9 Å². The first kappa shape index (κ1) is 23.6. The van der Waals surface area contributed by atoms with Gasteiger partial charge < -0.3 is 24.4 Å². The van der Waals surface area contributed by atoms with Crippen molar-refractivity contribution in [2.75, 3.05) is 53.0 Å². The normalized spacial score (nSPS) is 14.9. The van der Waals surface area contributed by atoms with E-state index in [1.165, 1.54) is 0 Å². The lowest BCUT2D eigenvalue weighted by Gasteiger charge is -2.36. The van der Waals surface area contributed by atoms with E-state index in [0.29, 0.717) is 6.61 Å². The van der Waals surface area contributed by atoms with E-state index < -0.39 is 0 Å². The largest absolute Gasteiger partial charge is 0.385 e. The van der Waals surface area contributed by atoms with Crippen LogP contribution >= 0.6 is 24.0 Å². The number of piperazine rings is 1. The van der Waals surface area contributed by atoms with Gasteiger partial charge in [-0.1, -0.05) is 6.92 Å². The maximum atomic E-state index is 11.5. The number of halogens is 1. The van der Waals surface area contributed by atoms with E-state index in [0.717, 1.165) is 70.4 Å². The highest BCUT2D eigenvalue weighted by atomic mass is 127. The maximum absolute atomic E-state index is 11.5. The Balaban J connectivity index is 0.00000364. The SMILES string of the molecule is CCc1nncn1CCNC(=NCCCOC)N1CCN(C(C)=O)CC1.I. The fourth-order valence-electron chi connectivity index (χ4n) is 2.92. The summed E-state index contributed by atoms with van der Waals surface area (Å²) in [5, 5.41) is 11.5. The number of carbonyl (C=O) groups excluding carboxylic acids is 1. The molecular formula is C17H32IN7O2. The first-order chi connectivity index (χ1) is 12.7. The predicted molar refractivity (Wildman–Crippen MR) is 115 cm³/mol. The standard InChI is InChI=1S/C17H31N7O2.HI/c1-4-16-21-20-14-24(16)8-7-19-17(18-6-5-13-26-3)23-11-9-22(10-12-23)15(2)25;/h14H,4-13H2,1-3H3,(H,18,19);1H. The Kier molecular flexibility index (Phi) is 11.3. The molecule has 1 aromatic rings. The molecule has 0 aromatic carbocycles.